The average molecular weight is 249 g/mol. The van der Waals surface area contributed by atoms with E-state index in [1.807, 2.05) is 23.7 Å². The second kappa shape index (κ2) is 5.36. The molecule has 2 aromatic rings. The molecule has 0 aliphatic carbocycles. The molecule has 17 heavy (non-hydrogen) atoms. The van der Waals surface area contributed by atoms with Gasteiger partial charge < -0.3 is 9.88 Å². The number of nitrogens with one attached hydrogen (secondary N) is 1. The predicted molar refractivity (Wildman–Crippen MR) is 73.7 cm³/mol. The van der Waals surface area contributed by atoms with Crippen LogP contribution in [-0.4, -0.2) is 15.6 Å². The number of hydrogen-bond donors (Lipinski definition) is 1. The summed E-state index contributed by atoms with van der Waals surface area (Å²) in [6, 6.07) is 5.13. The Morgan fingerprint density at radius 3 is 2.88 bits per heavy atom. The Kier molecular flexibility index (Phi) is 3.84. The van der Waals surface area contributed by atoms with Crippen LogP contribution in [0.4, 0.5) is 5.95 Å². The molecule has 3 nitrogen and oxygen atoms in total. The fourth-order valence-corrected chi connectivity index (χ4v) is 2.68. The van der Waals surface area contributed by atoms with Crippen LogP contribution in [0.25, 0.3) is 0 Å². The molecule has 0 radical (unpaired) electrons. The monoisotopic (exact) mass is 249 g/mol. The number of imidazole rings is 1. The summed E-state index contributed by atoms with van der Waals surface area (Å²) in [7, 11) is 0. The van der Waals surface area contributed by atoms with Crippen LogP contribution in [0.15, 0.2) is 29.9 Å². The summed E-state index contributed by atoms with van der Waals surface area (Å²) >= 11 is 1.81. The highest BCUT2D eigenvalue weighted by Crippen LogP contribution is 2.21. The molecule has 0 spiro atoms. The zero-order valence-electron chi connectivity index (χ0n) is 10.6. The molecule has 0 saturated heterocycles. The minimum absolute atomic E-state index is 0.407. The SMILES string of the molecule is CC(C)Nc1nccn1C(C)Cc1cccs1. The highest BCUT2D eigenvalue weighted by atomic mass is 32.1. The largest absolute Gasteiger partial charge is 0.353 e. The third-order valence-corrected chi connectivity index (χ3v) is 3.54. The van der Waals surface area contributed by atoms with Crippen LogP contribution in [0.5, 0.6) is 0 Å². The van der Waals surface area contributed by atoms with Crippen LogP contribution in [-0.2, 0) is 6.42 Å². The first kappa shape index (κ1) is 12.2. The van der Waals surface area contributed by atoms with E-state index in [0.29, 0.717) is 12.1 Å². The molecular formula is C13H19N3S. The molecule has 0 saturated carbocycles. The van der Waals surface area contributed by atoms with E-state index in [4.69, 9.17) is 0 Å². The Morgan fingerprint density at radius 1 is 1.41 bits per heavy atom. The van der Waals surface area contributed by atoms with Crippen LogP contribution in [0.3, 0.4) is 0 Å². The fraction of sp³-hybridized carbons (Fsp3) is 0.462. The Bertz CT molecular complexity index is 445. The summed E-state index contributed by atoms with van der Waals surface area (Å²) in [4.78, 5) is 5.78. The molecule has 0 fully saturated rings. The molecule has 0 amide bonds. The molecule has 2 aromatic heterocycles. The van der Waals surface area contributed by atoms with Gasteiger partial charge in [0, 0.05) is 35.8 Å². The summed E-state index contributed by atoms with van der Waals surface area (Å²) < 4.78 is 2.21. The smallest absolute Gasteiger partial charge is 0.203 e. The summed E-state index contributed by atoms with van der Waals surface area (Å²) in [5.41, 5.74) is 0. The number of hydrogen-bond acceptors (Lipinski definition) is 3. The van der Waals surface area contributed by atoms with E-state index in [9.17, 15) is 0 Å². The van der Waals surface area contributed by atoms with Gasteiger partial charge in [-0.15, -0.1) is 11.3 Å². The molecule has 1 unspecified atom stereocenters. The van der Waals surface area contributed by atoms with Gasteiger partial charge >= 0.3 is 0 Å². The number of nitrogens with zero attached hydrogens (tertiary/aromatic N) is 2. The Morgan fingerprint density at radius 2 is 2.24 bits per heavy atom. The Hall–Kier alpha value is -1.29. The maximum absolute atomic E-state index is 4.36. The predicted octanol–water partition coefficient (Wildman–Crippen LogP) is 3.57. The van der Waals surface area contributed by atoms with Crippen molar-refractivity contribution >= 4 is 17.3 Å². The Balaban J connectivity index is 2.08. The molecule has 4 heteroatoms. The van der Waals surface area contributed by atoms with Crippen molar-refractivity contribution in [2.24, 2.45) is 0 Å². The first-order valence-corrected chi connectivity index (χ1v) is 6.86. The second-order valence-electron chi connectivity index (χ2n) is 4.59. The van der Waals surface area contributed by atoms with E-state index in [-0.39, 0.29) is 0 Å². The highest BCUT2D eigenvalue weighted by Gasteiger charge is 2.11. The van der Waals surface area contributed by atoms with Gasteiger partial charge in [0.25, 0.3) is 0 Å². The van der Waals surface area contributed by atoms with E-state index in [2.05, 4.69) is 53.2 Å². The van der Waals surface area contributed by atoms with Crippen molar-refractivity contribution in [1.82, 2.24) is 9.55 Å². The summed E-state index contributed by atoms with van der Waals surface area (Å²) in [6.45, 7) is 6.48. The standard InChI is InChI=1S/C13H19N3S/c1-10(2)15-13-14-6-7-16(13)11(3)9-12-5-4-8-17-12/h4-8,10-11H,9H2,1-3H3,(H,14,15). The van der Waals surface area contributed by atoms with Gasteiger partial charge in [-0.1, -0.05) is 6.07 Å². The molecule has 2 heterocycles. The van der Waals surface area contributed by atoms with E-state index >= 15 is 0 Å². The van der Waals surface area contributed by atoms with Gasteiger partial charge in [-0.25, -0.2) is 4.98 Å². The lowest BCUT2D eigenvalue weighted by molar-refractivity contribution is 0.551. The average Bonchev–Trinajstić information content (AvgIpc) is 2.87. The van der Waals surface area contributed by atoms with E-state index in [1.54, 1.807) is 0 Å². The lowest BCUT2D eigenvalue weighted by Crippen LogP contribution is -2.17. The normalized spacial score (nSPS) is 12.9. The van der Waals surface area contributed by atoms with E-state index in [0.717, 1.165) is 12.4 Å². The molecular weight excluding hydrogens is 230 g/mol. The molecule has 0 bridgehead atoms. The van der Waals surface area contributed by atoms with Crippen molar-refractivity contribution in [1.29, 1.82) is 0 Å². The molecule has 0 aliphatic heterocycles. The van der Waals surface area contributed by atoms with Crippen LogP contribution in [0.1, 0.15) is 31.7 Å². The summed E-state index contributed by atoms with van der Waals surface area (Å²) in [6.07, 6.45) is 4.96. The number of aromatic nitrogens is 2. The third kappa shape index (κ3) is 3.09. The molecule has 1 N–H and O–H groups in total. The molecule has 2 rings (SSSR count). The van der Waals surface area contributed by atoms with Crippen molar-refractivity contribution in [3.05, 3.63) is 34.8 Å². The maximum atomic E-state index is 4.36. The second-order valence-corrected chi connectivity index (χ2v) is 5.62. The van der Waals surface area contributed by atoms with Crippen molar-refractivity contribution in [3.63, 3.8) is 0 Å². The highest BCUT2D eigenvalue weighted by molar-refractivity contribution is 7.09. The van der Waals surface area contributed by atoms with Gasteiger partial charge in [-0.3, -0.25) is 0 Å². The molecule has 1 atom stereocenters. The number of thiophene rings is 1. The maximum Gasteiger partial charge on any atom is 0.203 e. The number of anilines is 1. The summed E-state index contributed by atoms with van der Waals surface area (Å²) in [5, 5.41) is 5.50. The van der Waals surface area contributed by atoms with Crippen molar-refractivity contribution < 1.29 is 0 Å². The quantitative estimate of drug-likeness (QED) is 0.878. The Labute approximate surface area is 107 Å². The van der Waals surface area contributed by atoms with Crippen molar-refractivity contribution in [2.45, 2.75) is 39.3 Å². The zero-order valence-corrected chi connectivity index (χ0v) is 11.4. The molecule has 92 valence electrons. The first-order valence-electron chi connectivity index (χ1n) is 5.98. The van der Waals surface area contributed by atoms with Crippen LogP contribution >= 0.6 is 11.3 Å². The topological polar surface area (TPSA) is 29.9 Å². The molecule has 0 aliphatic rings. The van der Waals surface area contributed by atoms with Crippen LogP contribution in [0.2, 0.25) is 0 Å². The zero-order chi connectivity index (χ0) is 12.3. The van der Waals surface area contributed by atoms with Gasteiger partial charge in [0.15, 0.2) is 0 Å². The third-order valence-electron chi connectivity index (χ3n) is 2.64. The van der Waals surface area contributed by atoms with E-state index < -0.39 is 0 Å². The van der Waals surface area contributed by atoms with Crippen LogP contribution in [0, 0.1) is 0 Å². The van der Waals surface area contributed by atoms with Gasteiger partial charge in [0.05, 0.1) is 0 Å². The van der Waals surface area contributed by atoms with Gasteiger partial charge in [0.2, 0.25) is 5.95 Å². The lowest BCUT2D eigenvalue weighted by Gasteiger charge is -2.17. The molecule has 0 aromatic carbocycles. The van der Waals surface area contributed by atoms with Crippen molar-refractivity contribution in [2.75, 3.05) is 5.32 Å². The van der Waals surface area contributed by atoms with Gasteiger partial charge in [-0.05, 0) is 32.2 Å². The fourth-order valence-electron chi connectivity index (χ4n) is 1.86. The van der Waals surface area contributed by atoms with E-state index in [1.165, 1.54) is 4.88 Å². The van der Waals surface area contributed by atoms with Crippen LogP contribution < -0.4 is 5.32 Å². The van der Waals surface area contributed by atoms with Crippen molar-refractivity contribution in [3.8, 4) is 0 Å². The minimum Gasteiger partial charge on any atom is -0.353 e. The van der Waals surface area contributed by atoms with Gasteiger partial charge in [-0.2, -0.15) is 0 Å². The van der Waals surface area contributed by atoms with Gasteiger partial charge in [0.1, 0.15) is 0 Å². The number of rotatable bonds is 5. The minimum atomic E-state index is 0.407. The lowest BCUT2D eigenvalue weighted by atomic mass is 10.2. The summed E-state index contributed by atoms with van der Waals surface area (Å²) in [5.74, 6) is 0.962. The first-order chi connectivity index (χ1) is 8.16.